The second-order valence-electron chi connectivity index (χ2n) is 7.43. The molecule has 0 aliphatic carbocycles. The van der Waals surface area contributed by atoms with Crippen LogP contribution >= 0.6 is 0 Å². The molecule has 144 valence electrons. The minimum atomic E-state index is -0.489. The average Bonchev–Trinajstić information content (AvgIpc) is 2.56. The van der Waals surface area contributed by atoms with E-state index in [0.717, 1.165) is 13.1 Å². The third kappa shape index (κ3) is 6.63. The number of amides is 2. The van der Waals surface area contributed by atoms with Crippen LogP contribution in [0.15, 0.2) is 24.3 Å². The quantitative estimate of drug-likeness (QED) is 0.867. The largest absolute Gasteiger partial charge is 0.444 e. The van der Waals surface area contributed by atoms with E-state index in [1.54, 1.807) is 23.1 Å². The number of benzene rings is 1. The van der Waals surface area contributed by atoms with Gasteiger partial charge in [0, 0.05) is 39.3 Å². The number of nitrogens with zero attached hydrogens (tertiary/aromatic N) is 2. The molecule has 1 aliphatic heterocycles. The molecule has 0 atom stereocenters. The average molecular weight is 365 g/mol. The van der Waals surface area contributed by atoms with E-state index in [2.05, 4.69) is 10.2 Å². The fraction of sp³-hybridized carbons (Fsp3) is 0.579. The van der Waals surface area contributed by atoms with E-state index in [9.17, 15) is 14.0 Å². The van der Waals surface area contributed by atoms with E-state index in [1.165, 1.54) is 6.07 Å². The monoisotopic (exact) mass is 365 g/mol. The Morgan fingerprint density at radius 2 is 1.81 bits per heavy atom. The van der Waals surface area contributed by atoms with E-state index in [0.29, 0.717) is 31.7 Å². The molecule has 7 heteroatoms. The van der Waals surface area contributed by atoms with Crippen LogP contribution in [0.1, 0.15) is 26.3 Å². The number of nitrogens with one attached hydrogen (secondary N) is 1. The highest BCUT2D eigenvalue weighted by atomic mass is 19.1. The van der Waals surface area contributed by atoms with E-state index in [4.69, 9.17) is 4.74 Å². The van der Waals surface area contributed by atoms with Crippen LogP contribution in [0.3, 0.4) is 0 Å². The van der Waals surface area contributed by atoms with Crippen LogP contribution in [0.4, 0.5) is 9.18 Å². The number of carbonyl (C=O) groups excluding carboxylic acids is 2. The SMILES string of the molecule is CC(C)(C)OC(=O)N1CCN(CCNC(=O)Cc2ccccc2F)CC1. The summed E-state index contributed by atoms with van der Waals surface area (Å²) in [6.45, 7) is 9.45. The first kappa shape index (κ1) is 20.2. The predicted octanol–water partition coefficient (Wildman–Crippen LogP) is 2.04. The van der Waals surface area contributed by atoms with Gasteiger partial charge in [-0.05, 0) is 32.4 Å². The van der Waals surface area contributed by atoms with Gasteiger partial charge in [0.1, 0.15) is 11.4 Å². The number of hydrogen-bond acceptors (Lipinski definition) is 4. The number of hydrogen-bond donors (Lipinski definition) is 1. The maximum absolute atomic E-state index is 13.5. The lowest BCUT2D eigenvalue weighted by Crippen LogP contribution is -2.51. The molecule has 2 amide bonds. The molecule has 2 rings (SSSR count). The van der Waals surface area contributed by atoms with Crippen molar-refractivity contribution in [1.82, 2.24) is 15.1 Å². The van der Waals surface area contributed by atoms with Crippen LogP contribution in [0.25, 0.3) is 0 Å². The molecule has 0 saturated carbocycles. The number of carbonyl (C=O) groups is 2. The zero-order valence-electron chi connectivity index (χ0n) is 15.8. The molecule has 0 bridgehead atoms. The number of halogens is 1. The molecule has 1 aromatic rings. The molecule has 0 spiro atoms. The molecule has 1 aliphatic rings. The van der Waals surface area contributed by atoms with Crippen molar-refractivity contribution in [3.8, 4) is 0 Å². The van der Waals surface area contributed by atoms with Gasteiger partial charge in [-0.15, -0.1) is 0 Å². The zero-order chi connectivity index (χ0) is 19.2. The van der Waals surface area contributed by atoms with E-state index < -0.39 is 5.60 Å². The normalized spacial score (nSPS) is 15.6. The van der Waals surface area contributed by atoms with Gasteiger partial charge in [-0.1, -0.05) is 18.2 Å². The molecule has 0 radical (unpaired) electrons. The third-order valence-corrected chi connectivity index (χ3v) is 4.08. The predicted molar refractivity (Wildman–Crippen MR) is 97.4 cm³/mol. The van der Waals surface area contributed by atoms with Gasteiger partial charge in [0.25, 0.3) is 0 Å². The Hall–Kier alpha value is -2.15. The van der Waals surface area contributed by atoms with Crippen LogP contribution in [-0.4, -0.2) is 66.7 Å². The second kappa shape index (κ2) is 8.98. The van der Waals surface area contributed by atoms with Crippen LogP contribution in [0.2, 0.25) is 0 Å². The number of piperazine rings is 1. The summed E-state index contributed by atoms with van der Waals surface area (Å²) in [5.74, 6) is -0.552. The zero-order valence-corrected chi connectivity index (χ0v) is 15.8. The lowest BCUT2D eigenvalue weighted by Gasteiger charge is -2.35. The van der Waals surface area contributed by atoms with Gasteiger partial charge in [0.15, 0.2) is 0 Å². The maximum Gasteiger partial charge on any atom is 0.410 e. The number of rotatable bonds is 5. The van der Waals surface area contributed by atoms with Crippen LogP contribution in [0, 0.1) is 5.82 Å². The van der Waals surface area contributed by atoms with Gasteiger partial charge in [0.05, 0.1) is 6.42 Å². The fourth-order valence-electron chi connectivity index (χ4n) is 2.71. The molecule has 6 nitrogen and oxygen atoms in total. The highest BCUT2D eigenvalue weighted by Crippen LogP contribution is 2.11. The van der Waals surface area contributed by atoms with Crippen LogP contribution in [0.5, 0.6) is 0 Å². The Bertz CT molecular complexity index is 623. The summed E-state index contributed by atoms with van der Waals surface area (Å²) in [7, 11) is 0. The summed E-state index contributed by atoms with van der Waals surface area (Å²) >= 11 is 0. The van der Waals surface area contributed by atoms with Crippen molar-refractivity contribution >= 4 is 12.0 Å². The minimum absolute atomic E-state index is 0.0408. The molecule has 0 aromatic heterocycles. The first-order chi connectivity index (χ1) is 12.2. The Labute approximate surface area is 154 Å². The van der Waals surface area contributed by atoms with E-state index >= 15 is 0 Å². The van der Waals surface area contributed by atoms with Crippen molar-refractivity contribution in [3.05, 3.63) is 35.6 Å². The van der Waals surface area contributed by atoms with Crippen molar-refractivity contribution in [2.24, 2.45) is 0 Å². The summed E-state index contributed by atoms with van der Waals surface area (Å²) in [5.41, 5.74) is -0.0903. The topological polar surface area (TPSA) is 61.9 Å². The Kier molecular flexibility index (Phi) is 6.97. The Balaban J connectivity index is 1.65. The summed E-state index contributed by atoms with van der Waals surface area (Å²) in [5, 5.41) is 2.82. The fourth-order valence-corrected chi connectivity index (χ4v) is 2.71. The van der Waals surface area contributed by atoms with Crippen LogP contribution < -0.4 is 5.32 Å². The molecular weight excluding hydrogens is 337 g/mol. The van der Waals surface area contributed by atoms with Crippen LogP contribution in [-0.2, 0) is 16.0 Å². The van der Waals surface area contributed by atoms with Crippen molar-refractivity contribution in [2.75, 3.05) is 39.3 Å². The highest BCUT2D eigenvalue weighted by molar-refractivity contribution is 5.78. The first-order valence-corrected chi connectivity index (χ1v) is 8.95. The van der Waals surface area contributed by atoms with Gasteiger partial charge >= 0.3 is 6.09 Å². The molecule has 1 heterocycles. The Morgan fingerprint density at radius 1 is 1.15 bits per heavy atom. The van der Waals surface area contributed by atoms with Crippen molar-refractivity contribution in [2.45, 2.75) is 32.8 Å². The molecular formula is C19H28FN3O3. The van der Waals surface area contributed by atoms with E-state index in [-0.39, 0.29) is 24.2 Å². The Morgan fingerprint density at radius 3 is 2.42 bits per heavy atom. The second-order valence-corrected chi connectivity index (χ2v) is 7.43. The lowest BCUT2D eigenvalue weighted by atomic mass is 10.1. The summed E-state index contributed by atoms with van der Waals surface area (Å²) < 4.78 is 18.9. The van der Waals surface area contributed by atoms with Gasteiger partial charge in [0.2, 0.25) is 5.91 Å². The van der Waals surface area contributed by atoms with Gasteiger partial charge in [-0.25, -0.2) is 9.18 Å². The summed E-state index contributed by atoms with van der Waals surface area (Å²) in [4.78, 5) is 27.8. The summed E-state index contributed by atoms with van der Waals surface area (Å²) in [6.07, 6.45) is -0.241. The standard InChI is InChI=1S/C19H28FN3O3/c1-19(2,3)26-18(25)23-12-10-22(11-13-23)9-8-21-17(24)14-15-6-4-5-7-16(15)20/h4-7H,8-14H2,1-3H3,(H,21,24). The minimum Gasteiger partial charge on any atom is -0.444 e. The maximum atomic E-state index is 13.5. The van der Waals surface area contributed by atoms with Gasteiger partial charge in [-0.3, -0.25) is 9.69 Å². The lowest BCUT2D eigenvalue weighted by molar-refractivity contribution is -0.120. The molecule has 1 aromatic carbocycles. The third-order valence-electron chi connectivity index (χ3n) is 4.08. The summed E-state index contributed by atoms with van der Waals surface area (Å²) in [6, 6.07) is 6.29. The van der Waals surface area contributed by atoms with Gasteiger partial charge in [-0.2, -0.15) is 0 Å². The smallest absolute Gasteiger partial charge is 0.410 e. The molecule has 26 heavy (non-hydrogen) atoms. The molecule has 1 N–H and O–H groups in total. The molecule has 0 unspecified atom stereocenters. The number of ether oxygens (including phenoxy) is 1. The first-order valence-electron chi connectivity index (χ1n) is 8.95. The molecule has 1 fully saturated rings. The highest BCUT2D eigenvalue weighted by Gasteiger charge is 2.25. The van der Waals surface area contributed by atoms with Crippen molar-refractivity contribution in [3.63, 3.8) is 0 Å². The van der Waals surface area contributed by atoms with Crippen molar-refractivity contribution in [1.29, 1.82) is 0 Å². The van der Waals surface area contributed by atoms with Gasteiger partial charge < -0.3 is 15.0 Å². The van der Waals surface area contributed by atoms with E-state index in [1.807, 2.05) is 20.8 Å². The van der Waals surface area contributed by atoms with Crippen molar-refractivity contribution < 1.29 is 18.7 Å². The molecule has 1 saturated heterocycles.